The van der Waals surface area contributed by atoms with E-state index in [2.05, 4.69) is 28.8 Å². The first-order valence-corrected chi connectivity index (χ1v) is 5.08. The van der Waals surface area contributed by atoms with Gasteiger partial charge in [0.25, 0.3) is 0 Å². The highest BCUT2D eigenvalue weighted by molar-refractivity contribution is 5.65. The molecule has 0 atom stereocenters. The lowest BCUT2D eigenvalue weighted by Gasteiger charge is -2.20. The molecular weight excluding hydrogens is 200 g/mol. The van der Waals surface area contributed by atoms with Gasteiger partial charge in [-0.05, 0) is 18.2 Å². The molecule has 0 aliphatic carbocycles. The van der Waals surface area contributed by atoms with Gasteiger partial charge in [0.1, 0.15) is 0 Å². The summed E-state index contributed by atoms with van der Waals surface area (Å²) < 4.78 is 0. The summed E-state index contributed by atoms with van der Waals surface area (Å²) >= 11 is 0. The zero-order valence-electron chi connectivity index (χ0n) is 8.59. The predicted octanol–water partition coefficient (Wildman–Crippen LogP) is 1.42. The molecule has 0 saturated heterocycles. The molecule has 78 valence electrons. The van der Waals surface area contributed by atoms with Crippen molar-refractivity contribution in [3.63, 3.8) is 0 Å². The molecule has 0 radical (unpaired) electrons. The highest BCUT2D eigenvalue weighted by Gasteiger charge is 2.21. The Labute approximate surface area is 93.6 Å². The van der Waals surface area contributed by atoms with E-state index in [-0.39, 0.29) is 0 Å². The Morgan fingerprint density at radius 2 is 2.06 bits per heavy atom. The van der Waals surface area contributed by atoms with Gasteiger partial charge in [-0.25, -0.2) is 5.12 Å². The molecule has 1 aromatic rings. The molecule has 4 heteroatoms. The van der Waals surface area contributed by atoms with Gasteiger partial charge in [-0.1, -0.05) is 12.1 Å². The van der Waals surface area contributed by atoms with E-state index in [0.29, 0.717) is 5.56 Å². The first kappa shape index (κ1) is 8.86. The molecule has 0 saturated carbocycles. The zero-order chi connectivity index (χ0) is 11.0. The molecule has 0 spiro atoms. The van der Waals surface area contributed by atoms with Crippen LogP contribution in [0.3, 0.4) is 0 Å². The zero-order valence-corrected chi connectivity index (χ0v) is 8.59. The summed E-state index contributed by atoms with van der Waals surface area (Å²) in [7, 11) is 0. The smallest absolute Gasteiger partial charge is 0.0991 e. The van der Waals surface area contributed by atoms with Crippen molar-refractivity contribution >= 4 is 5.70 Å². The topological polar surface area (TPSA) is 42.3 Å². The minimum atomic E-state index is 0.683. The van der Waals surface area contributed by atoms with Crippen molar-refractivity contribution in [1.82, 2.24) is 15.6 Å². The van der Waals surface area contributed by atoms with E-state index in [9.17, 15) is 0 Å². The van der Waals surface area contributed by atoms with E-state index in [0.717, 1.165) is 17.8 Å². The Morgan fingerprint density at radius 3 is 2.75 bits per heavy atom. The Hall–Kier alpha value is -2.41. The van der Waals surface area contributed by atoms with E-state index in [1.807, 2.05) is 35.6 Å². The van der Waals surface area contributed by atoms with Crippen LogP contribution in [0.25, 0.3) is 5.70 Å². The van der Waals surface area contributed by atoms with Crippen molar-refractivity contribution in [3.8, 4) is 6.07 Å². The lowest BCUT2D eigenvalue weighted by atomic mass is 10.1. The second-order valence-corrected chi connectivity index (χ2v) is 3.70. The molecule has 2 heterocycles. The number of benzene rings is 1. The third-order valence-corrected chi connectivity index (χ3v) is 2.65. The van der Waals surface area contributed by atoms with Crippen molar-refractivity contribution in [2.24, 2.45) is 0 Å². The van der Waals surface area contributed by atoms with E-state index >= 15 is 0 Å². The average molecular weight is 210 g/mol. The van der Waals surface area contributed by atoms with Gasteiger partial charge in [-0.2, -0.15) is 5.26 Å². The quantitative estimate of drug-likeness (QED) is 0.761. The molecule has 4 nitrogen and oxygen atoms in total. The standard InChI is InChI=1S/C12H10N4/c13-8-10-2-4-11(5-3-10)12-9-15-6-1-7-16(15)14-12/h1-5,7,9,14H,6H2. The lowest BCUT2D eigenvalue weighted by Crippen LogP contribution is -2.33. The minimum absolute atomic E-state index is 0.683. The summed E-state index contributed by atoms with van der Waals surface area (Å²) in [6.45, 7) is 0.896. The fourth-order valence-electron chi connectivity index (χ4n) is 1.81. The number of hydrazine groups is 2. The second kappa shape index (κ2) is 3.31. The van der Waals surface area contributed by atoms with Crippen LogP contribution in [0.4, 0.5) is 0 Å². The normalized spacial score (nSPS) is 16.8. The first-order valence-electron chi connectivity index (χ1n) is 5.08. The molecule has 16 heavy (non-hydrogen) atoms. The number of nitriles is 1. The molecular formula is C12H10N4. The highest BCUT2D eigenvalue weighted by atomic mass is 15.8. The molecule has 1 N–H and O–H groups in total. The molecule has 0 fully saturated rings. The van der Waals surface area contributed by atoms with Crippen molar-refractivity contribution in [1.29, 1.82) is 5.26 Å². The minimum Gasteiger partial charge on any atom is -0.278 e. The number of hydrogen-bond acceptors (Lipinski definition) is 4. The van der Waals surface area contributed by atoms with Crippen LogP contribution in [0.15, 0.2) is 42.7 Å². The van der Waals surface area contributed by atoms with Gasteiger partial charge in [0, 0.05) is 18.0 Å². The van der Waals surface area contributed by atoms with E-state index in [4.69, 9.17) is 5.26 Å². The van der Waals surface area contributed by atoms with Gasteiger partial charge in [-0.3, -0.25) is 10.4 Å². The fourth-order valence-corrected chi connectivity index (χ4v) is 1.81. The summed E-state index contributed by atoms with van der Waals surface area (Å²) in [5, 5.41) is 12.7. The molecule has 0 bridgehead atoms. The maximum Gasteiger partial charge on any atom is 0.0991 e. The molecule has 2 aliphatic heterocycles. The van der Waals surface area contributed by atoms with Crippen LogP contribution in [0.2, 0.25) is 0 Å². The summed E-state index contributed by atoms with van der Waals surface area (Å²) in [6.07, 6.45) is 6.13. The Bertz CT molecular complexity index is 507. The van der Waals surface area contributed by atoms with Crippen LogP contribution in [0.1, 0.15) is 11.1 Å². The van der Waals surface area contributed by atoms with Crippen LogP contribution in [-0.2, 0) is 0 Å². The number of fused-ring (bicyclic) bond motifs is 1. The Morgan fingerprint density at radius 1 is 1.25 bits per heavy atom. The molecule has 2 aliphatic rings. The van der Waals surface area contributed by atoms with E-state index < -0.39 is 0 Å². The second-order valence-electron chi connectivity index (χ2n) is 3.70. The number of nitrogens with one attached hydrogen (secondary N) is 1. The van der Waals surface area contributed by atoms with Gasteiger partial charge in [0.05, 0.1) is 23.9 Å². The Kier molecular flexibility index (Phi) is 1.84. The molecule has 0 amide bonds. The third kappa shape index (κ3) is 1.30. The third-order valence-electron chi connectivity index (χ3n) is 2.65. The number of hydrogen-bond donors (Lipinski definition) is 1. The van der Waals surface area contributed by atoms with Gasteiger partial charge in [-0.15, -0.1) is 0 Å². The summed E-state index contributed by atoms with van der Waals surface area (Å²) in [5.74, 6) is 0. The van der Waals surface area contributed by atoms with Crippen LogP contribution < -0.4 is 5.43 Å². The maximum absolute atomic E-state index is 8.72. The summed E-state index contributed by atoms with van der Waals surface area (Å²) in [6, 6.07) is 9.66. The summed E-state index contributed by atoms with van der Waals surface area (Å²) in [4.78, 5) is 0. The maximum atomic E-state index is 8.72. The monoisotopic (exact) mass is 210 g/mol. The van der Waals surface area contributed by atoms with Crippen molar-refractivity contribution in [2.45, 2.75) is 0 Å². The van der Waals surface area contributed by atoms with Crippen LogP contribution >= 0.6 is 0 Å². The molecule has 0 aromatic heterocycles. The molecule has 1 aromatic carbocycles. The number of nitrogens with zero attached hydrogens (tertiary/aromatic N) is 3. The van der Waals surface area contributed by atoms with Crippen LogP contribution in [0.5, 0.6) is 0 Å². The van der Waals surface area contributed by atoms with E-state index in [1.165, 1.54) is 0 Å². The lowest BCUT2D eigenvalue weighted by molar-refractivity contribution is 0.0990. The van der Waals surface area contributed by atoms with Crippen LogP contribution in [-0.4, -0.2) is 16.7 Å². The molecule has 3 rings (SSSR count). The predicted molar refractivity (Wildman–Crippen MR) is 60.0 cm³/mol. The fraction of sp³-hybridized carbons (Fsp3) is 0.0833. The Balaban J connectivity index is 1.86. The van der Waals surface area contributed by atoms with Crippen LogP contribution in [0, 0.1) is 11.3 Å². The highest BCUT2D eigenvalue weighted by Crippen LogP contribution is 2.22. The first-order chi connectivity index (χ1) is 7.86. The average Bonchev–Trinajstić information content (AvgIpc) is 2.89. The summed E-state index contributed by atoms with van der Waals surface area (Å²) in [5.41, 5.74) is 6.08. The molecule has 0 unspecified atom stereocenters. The van der Waals surface area contributed by atoms with Crippen molar-refractivity contribution < 1.29 is 0 Å². The van der Waals surface area contributed by atoms with Gasteiger partial charge in [0.2, 0.25) is 0 Å². The number of rotatable bonds is 1. The van der Waals surface area contributed by atoms with E-state index in [1.54, 1.807) is 0 Å². The van der Waals surface area contributed by atoms with Gasteiger partial charge in [0.15, 0.2) is 0 Å². The van der Waals surface area contributed by atoms with Crippen molar-refractivity contribution in [3.05, 3.63) is 53.9 Å². The van der Waals surface area contributed by atoms with Gasteiger partial charge < -0.3 is 0 Å². The van der Waals surface area contributed by atoms with Gasteiger partial charge >= 0.3 is 0 Å². The van der Waals surface area contributed by atoms with Crippen molar-refractivity contribution in [2.75, 3.05) is 6.54 Å². The largest absolute Gasteiger partial charge is 0.278 e. The SMILES string of the molecule is N#Cc1ccc(C2=CN3CC=CN3N2)cc1.